The van der Waals surface area contributed by atoms with Crippen molar-refractivity contribution in [1.29, 1.82) is 0 Å². The van der Waals surface area contributed by atoms with E-state index in [1.54, 1.807) is 0 Å². The molecule has 0 radical (unpaired) electrons. The molecule has 2 aromatic heterocycles. The van der Waals surface area contributed by atoms with E-state index in [1.807, 2.05) is 24.3 Å². The Morgan fingerprint density at radius 3 is 1.96 bits per heavy atom. The molecule has 0 saturated carbocycles. The largest absolute Gasteiger partial charge is 0.551 e. The van der Waals surface area contributed by atoms with E-state index >= 15 is 0 Å². The molecule has 10 aromatic rings. The topological polar surface area (TPSA) is 36.5 Å². The maximum Gasteiger partial charge on any atom is 0.434 e. The van der Waals surface area contributed by atoms with Crippen LogP contribution in [0.1, 0.15) is 0 Å². The number of fused-ring (bicyclic) bond motifs is 10. The Kier molecular flexibility index (Phi) is 5.83. The van der Waals surface area contributed by atoms with Crippen molar-refractivity contribution in [1.82, 2.24) is 4.57 Å². The normalized spacial score (nSPS) is 12.8. The van der Waals surface area contributed by atoms with Crippen LogP contribution in [0.25, 0.3) is 82.8 Å². The van der Waals surface area contributed by atoms with Gasteiger partial charge in [-0.05, 0) is 70.3 Å². The lowest BCUT2D eigenvalue weighted by molar-refractivity contribution is 0.479. The molecule has 0 spiro atoms. The van der Waals surface area contributed by atoms with Crippen molar-refractivity contribution < 1.29 is 13.8 Å². The van der Waals surface area contributed by atoms with Crippen molar-refractivity contribution in [2.45, 2.75) is 0 Å². The van der Waals surface area contributed by atoms with Crippen LogP contribution in [0.5, 0.6) is 17.2 Å². The number of ether oxygens (including phenoxy) is 1. The highest BCUT2D eigenvalue weighted by Crippen LogP contribution is 2.45. The Labute approximate surface area is 305 Å². The van der Waals surface area contributed by atoms with Gasteiger partial charge >= 0.3 is 6.92 Å². The Morgan fingerprint density at radius 2 is 1.11 bits per heavy atom. The van der Waals surface area contributed by atoms with Crippen LogP contribution in [0, 0.1) is 0 Å². The fraction of sp³-hybridized carbons (Fsp3) is 0. The van der Waals surface area contributed by atoms with Gasteiger partial charge in [0.15, 0.2) is 0 Å². The molecule has 12 rings (SSSR count). The summed E-state index contributed by atoms with van der Waals surface area (Å²) in [4.78, 5) is 0. The standard InChI is InChI=1S/C48H28BNO3/c1-2-13-32(36-17-11-23-44-47(36)37-16-5-9-21-42(37)51-44)31(12-1)29-24-25-35-38-27-30(50-40-19-7-3-14-33(40)34-15-4-8-20-41(34)50)28-46-48(38)49(53-45(35)26-29)39-18-6-10-22-43(39)52-46/h1-28H. The van der Waals surface area contributed by atoms with Crippen LogP contribution in [0.2, 0.25) is 0 Å². The van der Waals surface area contributed by atoms with Crippen molar-refractivity contribution in [2.24, 2.45) is 0 Å². The van der Waals surface area contributed by atoms with Gasteiger partial charge in [0.25, 0.3) is 0 Å². The first-order valence-corrected chi connectivity index (χ1v) is 18.0. The summed E-state index contributed by atoms with van der Waals surface area (Å²) in [6, 6.07) is 59.9. The second kappa shape index (κ2) is 10.8. The SMILES string of the molecule is c1ccc2c(c1)Oc1cc(-n3c4ccccc4c4ccccc43)cc3c1B2Oc1cc(-c2ccccc2-c2cccc4oc5ccccc5c24)ccc1-3. The quantitative estimate of drug-likeness (QED) is 0.175. The summed E-state index contributed by atoms with van der Waals surface area (Å²) in [5.74, 6) is 2.49. The lowest BCUT2D eigenvalue weighted by atomic mass is 9.51. The zero-order valence-electron chi connectivity index (χ0n) is 28.4. The molecular formula is C48H28BNO3. The third kappa shape index (κ3) is 4.07. The average molecular weight is 678 g/mol. The lowest BCUT2D eigenvalue weighted by Gasteiger charge is -2.33. The van der Waals surface area contributed by atoms with Gasteiger partial charge in [0.05, 0.1) is 16.7 Å². The minimum atomic E-state index is -0.304. The first kappa shape index (κ1) is 28.7. The zero-order chi connectivity index (χ0) is 34.6. The third-order valence-electron chi connectivity index (χ3n) is 11.1. The summed E-state index contributed by atoms with van der Waals surface area (Å²) in [7, 11) is 0. The van der Waals surface area contributed by atoms with Crippen molar-refractivity contribution in [3.63, 3.8) is 0 Å². The molecule has 0 unspecified atom stereocenters. The second-order valence-corrected chi connectivity index (χ2v) is 13.9. The van der Waals surface area contributed by atoms with E-state index in [0.717, 1.165) is 100 Å². The van der Waals surface area contributed by atoms with Crippen LogP contribution >= 0.6 is 0 Å². The summed E-state index contributed by atoms with van der Waals surface area (Å²) in [6.45, 7) is -0.304. The first-order valence-electron chi connectivity index (χ1n) is 18.0. The number of hydrogen-bond acceptors (Lipinski definition) is 3. The monoisotopic (exact) mass is 677 g/mol. The lowest BCUT2D eigenvalue weighted by Crippen LogP contribution is -2.53. The van der Waals surface area contributed by atoms with Gasteiger partial charge in [-0.3, -0.25) is 0 Å². The van der Waals surface area contributed by atoms with Gasteiger partial charge in [-0.1, -0.05) is 121 Å². The van der Waals surface area contributed by atoms with Crippen LogP contribution in [0.15, 0.2) is 174 Å². The van der Waals surface area contributed by atoms with Crippen molar-refractivity contribution in [3.8, 4) is 56.3 Å². The Balaban J connectivity index is 1.08. The van der Waals surface area contributed by atoms with E-state index in [-0.39, 0.29) is 6.92 Å². The van der Waals surface area contributed by atoms with E-state index in [4.69, 9.17) is 13.8 Å². The predicted octanol–water partition coefficient (Wildman–Crippen LogP) is 11.3. The smallest absolute Gasteiger partial charge is 0.434 e. The molecule has 5 heteroatoms. The van der Waals surface area contributed by atoms with E-state index < -0.39 is 0 Å². The molecule has 0 atom stereocenters. The van der Waals surface area contributed by atoms with Crippen LogP contribution in [0.3, 0.4) is 0 Å². The highest BCUT2D eigenvalue weighted by Gasteiger charge is 2.41. The van der Waals surface area contributed by atoms with Gasteiger partial charge < -0.3 is 18.4 Å². The van der Waals surface area contributed by atoms with Gasteiger partial charge in [-0.2, -0.15) is 0 Å². The summed E-state index contributed by atoms with van der Waals surface area (Å²) >= 11 is 0. The maximum absolute atomic E-state index is 7.06. The van der Waals surface area contributed by atoms with Gasteiger partial charge in [-0.15, -0.1) is 0 Å². The molecule has 53 heavy (non-hydrogen) atoms. The number of furan rings is 1. The Bertz CT molecular complexity index is 3100. The summed E-state index contributed by atoms with van der Waals surface area (Å²) < 4.78 is 22.4. The fourth-order valence-electron chi connectivity index (χ4n) is 8.81. The average Bonchev–Trinajstić information content (AvgIpc) is 3.77. The molecule has 0 N–H and O–H groups in total. The zero-order valence-corrected chi connectivity index (χ0v) is 28.4. The molecule has 0 bridgehead atoms. The predicted molar refractivity (Wildman–Crippen MR) is 217 cm³/mol. The van der Waals surface area contributed by atoms with Crippen LogP contribution in [-0.2, 0) is 0 Å². The molecule has 8 aromatic carbocycles. The highest BCUT2D eigenvalue weighted by atomic mass is 16.5. The number of aromatic nitrogens is 1. The number of hydrogen-bond donors (Lipinski definition) is 0. The molecule has 2 aliphatic rings. The molecular weight excluding hydrogens is 649 g/mol. The molecule has 4 nitrogen and oxygen atoms in total. The van der Waals surface area contributed by atoms with Crippen LogP contribution in [-0.4, -0.2) is 11.5 Å². The minimum absolute atomic E-state index is 0.304. The van der Waals surface area contributed by atoms with Gasteiger partial charge in [-0.25, -0.2) is 0 Å². The molecule has 0 aliphatic carbocycles. The molecule has 0 fully saturated rings. The summed E-state index contributed by atoms with van der Waals surface area (Å²) in [5.41, 5.74) is 13.9. The number of benzene rings is 8. The number of para-hydroxylation sites is 4. The summed E-state index contributed by atoms with van der Waals surface area (Å²) in [6.07, 6.45) is 0. The number of rotatable bonds is 3. The Morgan fingerprint density at radius 1 is 0.434 bits per heavy atom. The molecule has 246 valence electrons. The van der Waals surface area contributed by atoms with Crippen molar-refractivity contribution in [3.05, 3.63) is 170 Å². The molecule has 0 amide bonds. The van der Waals surface area contributed by atoms with E-state index in [9.17, 15) is 0 Å². The van der Waals surface area contributed by atoms with Gasteiger partial charge in [0, 0.05) is 44.1 Å². The van der Waals surface area contributed by atoms with Gasteiger partial charge in [0.2, 0.25) is 0 Å². The minimum Gasteiger partial charge on any atom is -0.551 e. The van der Waals surface area contributed by atoms with Crippen molar-refractivity contribution >= 4 is 61.6 Å². The third-order valence-corrected chi connectivity index (χ3v) is 11.1. The van der Waals surface area contributed by atoms with E-state index in [2.05, 4.69) is 150 Å². The maximum atomic E-state index is 7.06. The van der Waals surface area contributed by atoms with E-state index in [0.29, 0.717) is 0 Å². The van der Waals surface area contributed by atoms with Crippen molar-refractivity contribution in [2.75, 3.05) is 0 Å². The molecule has 0 saturated heterocycles. The molecule has 2 aliphatic heterocycles. The number of nitrogens with zero attached hydrogens (tertiary/aromatic N) is 1. The second-order valence-electron chi connectivity index (χ2n) is 13.9. The fourth-order valence-corrected chi connectivity index (χ4v) is 8.81. The highest BCUT2D eigenvalue weighted by molar-refractivity contribution is 6.84. The van der Waals surface area contributed by atoms with Gasteiger partial charge in [0.1, 0.15) is 28.4 Å². The van der Waals surface area contributed by atoms with Crippen LogP contribution < -0.4 is 20.3 Å². The summed E-state index contributed by atoms with van der Waals surface area (Å²) in [5, 5.41) is 4.70. The molecule has 4 heterocycles. The Hall–Kier alpha value is -6.98. The van der Waals surface area contributed by atoms with E-state index in [1.165, 1.54) is 10.8 Å². The van der Waals surface area contributed by atoms with Crippen LogP contribution in [0.4, 0.5) is 0 Å². The first-order chi connectivity index (χ1) is 26.3.